The van der Waals surface area contributed by atoms with Gasteiger partial charge in [-0.25, -0.2) is 9.37 Å². The van der Waals surface area contributed by atoms with Crippen LogP contribution in [0, 0.1) is 12.7 Å². The van der Waals surface area contributed by atoms with Crippen molar-refractivity contribution in [3.63, 3.8) is 0 Å². The van der Waals surface area contributed by atoms with Crippen molar-refractivity contribution in [2.75, 3.05) is 6.61 Å². The van der Waals surface area contributed by atoms with E-state index in [0.29, 0.717) is 5.56 Å². The van der Waals surface area contributed by atoms with Crippen molar-refractivity contribution in [1.29, 1.82) is 0 Å². The molecule has 2 nitrogen and oxygen atoms in total. The Kier molecular flexibility index (Phi) is 3.50. The summed E-state index contributed by atoms with van der Waals surface area (Å²) in [6, 6.07) is 4.98. The van der Waals surface area contributed by atoms with Gasteiger partial charge >= 0.3 is 0 Å². The van der Waals surface area contributed by atoms with Gasteiger partial charge in [0.25, 0.3) is 0 Å². The van der Waals surface area contributed by atoms with Crippen LogP contribution in [0.3, 0.4) is 0 Å². The molecule has 0 atom stereocenters. The van der Waals surface area contributed by atoms with E-state index in [9.17, 15) is 9.50 Å². The molecule has 0 saturated carbocycles. The van der Waals surface area contributed by atoms with Crippen LogP contribution in [0.2, 0.25) is 0 Å². The maximum Gasteiger partial charge on any atom is 0.126 e. The molecule has 0 amide bonds. The van der Waals surface area contributed by atoms with Gasteiger partial charge < -0.3 is 5.11 Å². The second-order valence-electron chi connectivity index (χ2n) is 5.04. The Morgan fingerprint density at radius 2 is 2.11 bits per heavy atom. The van der Waals surface area contributed by atoms with Gasteiger partial charge in [0.2, 0.25) is 0 Å². The Balaban J connectivity index is 2.38. The fourth-order valence-electron chi connectivity index (χ4n) is 1.59. The summed E-state index contributed by atoms with van der Waals surface area (Å²) in [7, 11) is 0. The van der Waals surface area contributed by atoms with Crippen LogP contribution in [-0.4, -0.2) is 16.7 Å². The van der Waals surface area contributed by atoms with E-state index in [1.807, 2.05) is 19.2 Å². The van der Waals surface area contributed by atoms with Gasteiger partial charge in [0.05, 0.1) is 12.3 Å². The van der Waals surface area contributed by atoms with Crippen molar-refractivity contribution in [3.05, 3.63) is 40.0 Å². The van der Waals surface area contributed by atoms with Crippen LogP contribution >= 0.6 is 11.3 Å². The molecule has 2 rings (SSSR count). The first kappa shape index (κ1) is 13.2. The van der Waals surface area contributed by atoms with E-state index in [2.05, 4.69) is 4.98 Å². The zero-order valence-corrected chi connectivity index (χ0v) is 11.5. The number of aromatic nitrogens is 1. The van der Waals surface area contributed by atoms with Gasteiger partial charge in [-0.2, -0.15) is 0 Å². The van der Waals surface area contributed by atoms with E-state index in [1.165, 1.54) is 17.4 Å². The van der Waals surface area contributed by atoms with Crippen LogP contribution in [-0.2, 0) is 5.41 Å². The zero-order valence-electron chi connectivity index (χ0n) is 10.7. The number of halogens is 1. The van der Waals surface area contributed by atoms with Crippen molar-refractivity contribution in [2.45, 2.75) is 26.2 Å². The van der Waals surface area contributed by atoms with Crippen LogP contribution in [0.25, 0.3) is 11.3 Å². The Bertz CT molecular complexity index is 563. The van der Waals surface area contributed by atoms with Crippen LogP contribution < -0.4 is 0 Å². The van der Waals surface area contributed by atoms with Gasteiger partial charge in [-0.1, -0.05) is 13.8 Å². The summed E-state index contributed by atoms with van der Waals surface area (Å²) in [5, 5.41) is 12.2. The van der Waals surface area contributed by atoms with Crippen LogP contribution in [0.5, 0.6) is 0 Å². The Labute approximate surface area is 110 Å². The molecule has 0 radical (unpaired) electrons. The molecule has 0 aliphatic rings. The third-order valence-corrected chi connectivity index (χ3v) is 4.14. The minimum atomic E-state index is -0.335. The summed E-state index contributed by atoms with van der Waals surface area (Å²) in [6.45, 7) is 5.70. The molecule has 96 valence electrons. The third kappa shape index (κ3) is 2.44. The number of hydrogen-bond acceptors (Lipinski definition) is 3. The molecule has 0 aliphatic carbocycles. The van der Waals surface area contributed by atoms with Gasteiger partial charge in [0.15, 0.2) is 0 Å². The number of thiazole rings is 1. The molecule has 0 fully saturated rings. The smallest absolute Gasteiger partial charge is 0.126 e. The highest BCUT2D eigenvalue weighted by Gasteiger charge is 2.23. The molecule has 18 heavy (non-hydrogen) atoms. The molecule has 4 heteroatoms. The molecule has 0 spiro atoms. The van der Waals surface area contributed by atoms with Crippen LogP contribution in [0.15, 0.2) is 23.6 Å². The fraction of sp³-hybridized carbons (Fsp3) is 0.357. The molecule has 1 aromatic heterocycles. The highest BCUT2D eigenvalue weighted by molar-refractivity contribution is 7.10. The number of benzene rings is 1. The average Bonchev–Trinajstić information content (AvgIpc) is 2.83. The maximum absolute atomic E-state index is 13.2. The van der Waals surface area contributed by atoms with E-state index < -0.39 is 0 Å². The average molecular weight is 265 g/mol. The predicted molar refractivity (Wildman–Crippen MR) is 72.4 cm³/mol. The normalized spacial score (nSPS) is 11.8. The lowest BCUT2D eigenvalue weighted by atomic mass is 9.96. The standard InChI is InChI=1S/C14H16FNOS/c1-9-6-10(4-5-11(9)15)12-7-18-13(16-12)14(2,3)8-17/h4-7,17H,8H2,1-3H3. The Morgan fingerprint density at radius 1 is 1.39 bits per heavy atom. The highest BCUT2D eigenvalue weighted by atomic mass is 32.1. The quantitative estimate of drug-likeness (QED) is 0.921. The van der Waals surface area contributed by atoms with Gasteiger partial charge in [0.1, 0.15) is 10.8 Å². The van der Waals surface area contributed by atoms with Gasteiger partial charge in [0, 0.05) is 16.4 Å². The SMILES string of the molecule is Cc1cc(-c2csc(C(C)(C)CO)n2)ccc1F. The molecule has 1 aromatic carbocycles. The minimum Gasteiger partial charge on any atom is -0.395 e. The van der Waals surface area contributed by atoms with E-state index in [0.717, 1.165) is 16.3 Å². The summed E-state index contributed by atoms with van der Waals surface area (Å²) in [5.74, 6) is -0.204. The van der Waals surface area contributed by atoms with Crippen LogP contribution in [0.4, 0.5) is 4.39 Å². The van der Waals surface area contributed by atoms with E-state index >= 15 is 0 Å². The van der Waals surface area contributed by atoms with Gasteiger partial charge in [-0.15, -0.1) is 11.3 Å². The second-order valence-corrected chi connectivity index (χ2v) is 5.90. The van der Waals surface area contributed by atoms with Crippen molar-refractivity contribution in [3.8, 4) is 11.3 Å². The summed E-state index contributed by atoms with van der Waals surface area (Å²) >= 11 is 1.52. The van der Waals surface area contributed by atoms with E-state index in [1.54, 1.807) is 19.1 Å². The Morgan fingerprint density at radius 3 is 2.72 bits per heavy atom. The van der Waals surface area contributed by atoms with E-state index in [4.69, 9.17) is 0 Å². The maximum atomic E-state index is 13.2. The summed E-state index contributed by atoms with van der Waals surface area (Å²) in [4.78, 5) is 4.53. The number of rotatable bonds is 3. The first-order valence-electron chi connectivity index (χ1n) is 5.77. The van der Waals surface area contributed by atoms with E-state index in [-0.39, 0.29) is 17.8 Å². The molecule has 0 unspecified atom stereocenters. The lowest BCUT2D eigenvalue weighted by Gasteiger charge is -2.17. The molecule has 1 heterocycles. The highest BCUT2D eigenvalue weighted by Crippen LogP contribution is 2.30. The lowest BCUT2D eigenvalue weighted by Crippen LogP contribution is -2.21. The fourth-order valence-corrected chi connectivity index (χ4v) is 2.54. The number of nitrogens with zero attached hydrogens (tertiary/aromatic N) is 1. The van der Waals surface area contributed by atoms with Crippen molar-refractivity contribution >= 4 is 11.3 Å². The number of aliphatic hydroxyl groups is 1. The third-order valence-electron chi connectivity index (χ3n) is 2.93. The molecule has 0 aliphatic heterocycles. The molecule has 0 saturated heterocycles. The summed E-state index contributed by atoms with van der Waals surface area (Å²) in [6.07, 6.45) is 0. The van der Waals surface area contributed by atoms with Crippen molar-refractivity contribution in [1.82, 2.24) is 4.98 Å². The molecular formula is C14H16FNOS. The summed E-state index contributed by atoms with van der Waals surface area (Å²) < 4.78 is 13.2. The van der Waals surface area contributed by atoms with Crippen LogP contribution in [0.1, 0.15) is 24.4 Å². The summed E-state index contributed by atoms with van der Waals surface area (Å²) in [5.41, 5.74) is 2.02. The van der Waals surface area contributed by atoms with Gasteiger partial charge in [-0.3, -0.25) is 0 Å². The topological polar surface area (TPSA) is 33.1 Å². The largest absolute Gasteiger partial charge is 0.395 e. The predicted octanol–water partition coefficient (Wildman–Crippen LogP) is 3.53. The minimum absolute atomic E-state index is 0.0579. The molecular weight excluding hydrogens is 249 g/mol. The number of hydrogen-bond donors (Lipinski definition) is 1. The first-order chi connectivity index (χ1) is 8.44. The molecule has 1 N–H and O–H groups in total. The second kappa shape index (κ2) is 4.78. The monoisotopic (exact) mass is 265 g/mol. The lowest BCUT2D eigenvalue weighted by molar-refractivity contribution is 0.218. The molecule has 2 aromatic rings. The van der Waals surface area contributed by atoms with Crippen molar-refractivity contribution in [2.24, 2.45) is 0 Å². The number of aryl methyl sites for hydroxylation is 1. The van der Waals surface area contributed by atoms with Crippen molar-refractivity contribution < 1.29 is 9.50 Å². The first-order valence-corrected chi connectivity index (χ1v) is 6.65. The number of aliphatic hydroxyl groups excluding tert-OH is 1. The Hall–Kier alpha value is -1.26. The van der Waals surface area contributed by atoms with Gasteiger partial charge in [-0.05, 0) is 30.7 Å². The zero-order chi connectivity index (χ0) is 13.3. The molecule has 0 bridgehead atoms.